The summed E-state index contributed by atoms with van der Waals surface area (Å²) in [6.07, 6.45) is 6.51. The lowest BCUT2D eigenvalue weighted by Gasteiger charge is -2.30. The minimum Gasteiger partial charge on any atom is -0.378 e. The summed E-state index contributed by atoms with van der Waals surface area (Å²) in [4.78, 5) is 39.4. The Hall–Kier alpha value is -1.47. The Balaban J connectivity index is 1.63. The first-order valence-electron chi connectivity index (χ1n) is 10.3. The monoisotopic (exact) mass is 380 g/mol. The molecule has 3 unspecified atom stereocenters. The molecule has 7 nitrogen and oxygen atoms in total. The van der Waals surface area contributed by atoms with Crippen molar-refractivity contribution in [2.45, 2.75) is 64.0 Å². The lowest BCUT2D eigenvalue weighted by molar-refractivity contribution is -0.140. The van der Waals surface area contributed by atoms with Gasteiger partial charge in [0.2, 0.25) is 11.8 Å². The highest BCUT2D eigenvalue weighted by atomic mass is 16.5. The Bertz CT molecular complexity index is 540. The third-order valence-corrected chi connectivity index (χ3v) is 6.10. The molecular formula is C20H32N2O5. The number of morpholine rings is 1. The number of hydrogen-bond acceptors (Lipinski definition) is 5. The van der Waals surface area contributed by atoms with Gasteiger partial charge in [-0.15, -0.1) is 0 Å². The summed E-state index contributed by atoms with van der Waals surface area (Å²) >= 11 is 0. The molecule has 0 aromatic rings. The van der Waals surface area contributed by atoms with E-state index in [1.165, 1.54) is 19.3 Å². The number of carbonyl (C=O) groups excluding carboxylic acids is 3. The van der Waals surface area contributed by atoms with Gasteiger partial charge >= 0.3 is 0 Å². The van der Waals surface area contributed by atoms with Crippen LogP contribution in [0.4, 0.5) is 0 Å². The lowest BCUT2D eigenvalue weighted by Crippen LogP contribution is -2.48. The number of amides is 2. The van der Waals surface area contributed by atoms with Crippen LogP contribution in [0.3, 0.4) is 0 Å². The molecule has 3 aliphatic rings. The van der Waals surface area contributed by atoms with Crippen LogP contribution in [0.25, 0.3) is 0 Å². The predicted molar refractivity (Wildman–Crippen MR) is 99.0 cm³/mol. The molecule has 0 radical (unpaired) electrons. The van der Waals surface area contributed by atoms with Crippen molar-refractivity contribution in [1.29, 1.82) is 0 Å². The number of carbonyl (C=O) groups is 3. The molecule has 0 aromatic heterocycles. The molecule has 2 heterocycles. The average Bonchev–Trinajstić information content (AvgIpc) is 3.01. The zero-order valence-electron chi connectivity index (χ0n) is 16.3. The van der Waals surface area contributed by atoms with Gasteiger partial charge in [0.1, 0.15) is 12.6 Å². The Kier molecular flexibility index (Phi) is 7.24. The second-order valence-corrected chi connectivity index (χ2v) is 8.10. The number of nitrogens with zero attached hydrogens (tertiary/aromatic N) is 1. The van der Waals surface area contributed by atoms with Crippen LogP contribution in [0.2, 0.25) is 0 Å². The van der Waals surface area contributed by atoms with Gasteiger partial charge in [0.15, 0.2) is 5.78 Å². The van der Waals surface area contributed by atoms with Crippen LogP contribution in [-0.4, -0.2) is 67.6 Å². The van der Waals surface area contributed by atoms with Crippen LogP contribution in [0.1, 0.15) is 51.9 Å². The summed E-state index contributed by atoms with van der Waals surface area (Å²) in [6, 6.07) is -0.593. The summed E-state index contributed by atoms with van der Waals surface area (Å²) in [5, 5.41) is 2.87. The zero-order valence-corrected chi connectivity index (χ0v) is 16.3. The van der Waals surface area contributed by atoms with Crippen molar-refractivity contribution in [3.63, 3.8) is 0 Å². The van der Waals surface area contributed by atoms with E-state index < -0.39 is 6.04 Å². The maximum Gasteiger partial charge on any atom is 0.224 e. The van der Waals surface area contributed by atoms with Gasteiger partial charge in [-0.05, 0) is 19.3 Å². The molecule has 27 heavy (non-hydrogen) atoms. The number of hydrogen-bond donors (Lipinski definition) is 1. The molecule has 2 aliphatic heterocycles. The molecule has 1 saturated carbocycles. The van der Waals surface area contributed by atoms with E-state index in [1.54, 1.807) is 11.8 Å². The molecule has 1 aliphatic carbocycles. The topological polar surface area (TPSA) is 84.9 Å². The van der Waals surface area contributed by atoms with E-state index in [4.69, 9.17) is 9.47 Å². The molecule has 0 aromatic carbocycles. The molecule has 2 amide bonds. The van der Waals surface area contributed by atoms with Crippen LogP contribution >= 0.6 is 0 Å². The van der Waals surface area contributed by atoms with Gasteiger partial charge in [-0.25, -0.2) is 0 Å². The number of rotatable bonds is 6. The van der Waals surface area contributed by atoms with E-state index in [0.717, 1.165) is 19.3 Å². The van der Waals surface area contributed by atoms with Gasteiger partial charge in [0.25, 0.3) is 0 Å². The first kappa shape index (κ1) is 20.3. The van der Waals surface area contributed by atoms with Crippen LogP contribution in [0, 0.1) is 11.8 Å². The van der Waals surface area contributed by atoms with Crippen molar-refractivity contribution in [2.75, 3.05) is 32.9 Å². The van der Waals surface area contributed by atoms with Crippen molar-refractivity contribution < 1.29 is 23.9 Å². The summed E-state index contributed by atoms with van der Waals surface area (Å²) in [6.45, 7) is 4.12. The van der Waals surface area contributed by atoms with Crippen molar-refractivity contribution in [3.8, 4) is 0 Å². The molecule has 1 N–H and O–H groups in total. The highest BCUT2D eigenvalue weighted by molar-refractivity contribution is 5.93. The molecular weight excluding hydrogens is 348 g/mol. The van der Waals surface area contributed by atoms with Gasteiger partial charge < -0.3 is 19.7 Å². The third-order valence-electron chi connectivity index (χ3n) is 6.10. The first-order valence-corrected chi connectivity index (χ1v) is 10.3. The van der Waals surface area contributed by atoms with E-state index in [2.05, 4.69) is 5.32 Å². The van der Waals surface area contributed by atoms with Crippen molar-refractivity contribution in [3.05, 3.63) is 0 Å². The number of nitrogens with one attached hydrogen (secondary N) is 1. The van der Waals surface area contributed by atoms with Gasteiger partial charge in [0, 0.05) is 25.4 Å². The molecule has 7 heteroatoms. The lowest BCUT2D eigenvalue weighted by atomic mass is 9.81. The standard InChI is InChI=1S/C20H32N2O5/c1-14-19(17(23)13-27-14)21-20(25)16(11-15-5-3-2-4-6-15)12-18(24)22-7-9-26-10-8-22/h14-16,19H,2-13H2,1H3,(H,21,25). The third kappa shape index (κ3) is 5.51. The molecule has 152 valence electrons. The van der Waals surface area contributed by atoms with E-state index in [1.807, 2.05) is 0 Å². The fourth-order valence-electron chi connectivity index (χ4n) is 4.39. The van der Waals surface area contributed by atoms with E-state index >= 15 is 0 Å². The summed E-state index contributed by atoms with van der Waals surface area (Å²) < 4.78 is 10.6. The van der Waals surface area contributed by atoms with Crippen LogP contribution in [0.15, 0.2) is 0 Å². The SMILES string of the molecule is CC1OCC(=O)C1NC(=O)C(CC(=O)N1CCOCC1)CC1CCCCC1. The Morgan fingerprint density at radius 3 is 2.52 bits per heavy atom. The van der Waals surface area contributed by atoms with Gasteiger partial charge in [-0.2, -0.15) is 0 Å². The maximum absolute atomic E-state index is 13.0. The van der Waals surface area contributed by atoms with Crippen LogP contribution in [-0.2, 0) is 23.9 Å². The van der Waals surface area contributed by atoms with Crippen LogP contribution in [0.5, 0.6) is 0 Å². The Labute approximate surface area is 161 Å². The Morgan fingerprint density at radius 1 is 1.19 bits per heavy atom. The highest BCUT2D eigenvalue weighted by Gasteiger charge is 2.36. The summed E-state index contributed by atoms with van der Waals surface area (Å²) in [5.41, 5.74) is 0. The van der Waals surface area contributed by atoms with Crippen LogP contribution < -0.4 is 5.32 Å². The van der Waals surface area contributed by atoms with Gasteiger partial charge in [-0.3, -0.25) is 14.4 Å². The molecule has 3 fully saturated rings. The quantitative estimate of drug-likeness (QED) is 0.751. The second kappa shape index (κ2) is 9.64. The second-order valence-electron chi connectivity index (χ2n) is 8.10. The molecule has 2 saturated heterocycles. The summed E-state index contributed by atoms with van der Waals surface area (Å²) in [5.74, 6) is -0.162. The van der Waals surface area contributed by atoms with E-state index in [0.29, 0.717) is 32.2 Å². The molecule has 3 rings (SSSR count). The van der Waals surface area contributed by atoms with Crippen molar-refractivity contribution in [2.24, 2.45) is 11.8 Å². The molecule has 0 spiro atoms. The fourth-order valence-corrected chi connectivity index (χ4v) is 4.39. The van der Waals surface area contributed by atoms with Crippen molar-refractivity contribution in [1.82, 2.24) is 10.2 Å². The van der Waals surface area contributed by atoms with Crippen molar-refractivity contribution >= 4 is 17.6 Å². The van der Waals surface area contributed by atoms with E-state index in [-0.39, 0.29) is 42.6 Å². The minimum absolute atomic E-state index is 0.0105. The average molecular weight is 380 g/mol. The van der Waals surface area contributed by atoms with Gasteiger partial charge in [-0.1, -0.05) is 32.1 Å². The number of ketones is 1. The normalized spacial score (nSPS) is 28.2. The zero-order chi connectivity index (χ0) is 19.2. The largest absolute Gasteiger partial charge is 0.378 e. The minimum atomic E-state index is -0.593. The number of Topliss-reactive ketones (excluding diaryl/α,β-unsaturated/α-hetero) is 1. The fraction of sp³-hybridized carbons (Fsp3) is 0.850. The van der Waals surface area contributed by atoms with E-state index in [9.17, 15) is 14.4 Å². The number of ether oxygens (including phenoxy) is 2. The summed E-state index contributed by atoms with van der Waals surface area (Å²) in [7, 11) is 0. The smallest absolute Gasteiger partial charge is 0.224 e. The molecule has 0 bridgehead atoms. The molecule has 3 atom stereocenters. The maximum atomic E-state index is 13.0. The first-order chi connectivity index (χ1) is 13.0. The highest BCUT2D eigenvalue weighted by Crippen LogP contribution is 2.31. The Morgan fingerprint density at radius 2 is 1.89 bits per heavy atom. The van der Waals surface area contributed by atoms with Gasteiger partial charge in [0.05, 0.1) is 19.3 Å². The predicted octanol–water partition coefficient (Wildman–Crippen LogP) is 1.29.